The highest BCUT2D eigenvalue weighted by atomic mass is 32.1. The number of fused-ring (bicyclic) bond motifs is 1. The van der Waals surface area contributed by atoms with Crippen molar-refractivity contribution in [2.24, 2.45) is 5.41 Å². The number of H-pyrrole nitrogens is 1. The van der Waals surface area contributed by atoms with Gasteiger partial charge in [0.25, 0.3) is 0 Å². The molecule has 1 heterocycles. The highest BCUT2D eigenvalue weighted by Crippen LogP contribution is 2.34. The third-order valence-electron chi connectivity index (χ3n) is 3.50. The monoisotopic (exact) mass is 266 g/mol. The molecule has 1 aromatic heterocycles. The molecule has 0 amide bonds. The van der Waals surface area contributed by atoms with Crippen LogP contribution in [-0.4, -0.2) is 17.1 Å². The number of hydrogen-bond donors (Lipinski definition) is 1. The van der Waals surface area contributed by atoms with Gasteiger partial charge in [0.2, 0.25) is 0 Å². The van der Waals surface area contributed by atoms with E-state index in [9.17, 15) is 0 Å². The summed E-state index contributed by atoms with van der Waals surface area (Å²) >= 11 is 5.43. The Morgan fingerprint density at radius 2 is 1.94 bits per heavy atom. The number of aromatic amines is 1. The van der Waals surface area contributed by atoms with E-state index in [0.29, 0.717) is 0 Å². The van der Waals surface area contributed by atoms with E-state index in [4.69, 9.17) is 17.0 Å². The van der Waals surface area contributed by atoms with Crippen LogP contribution in [0.1, 0.15) is 56.8 Å². The topological polar surface area (TPSA) is 37.9 Å². The Labute approximate surface area is 114 Å². The molecule has 2 rings (SSSR count). The molecular weight excluding hydrogens is 244 g/mol. The molecule has 18 heavy (non-hydrogen) atoms. The van der Waals surface area contributed by atoms with Crippen molar-refractivity contribution in [1.82, 2.24) is 9.97 Å². The maximum Gasteiger partial charge on any atom is 0.137 e. The molecule has 0 aromatic carbocycles. The predicted octanol–water partition coefficient (Wildman–Crippen LogP) is 3.75. The van der Waals surface area contributed by atoms with Crippen molar-refractivity contribution < 1.29 is 4.74 Å². The number of nitrogens with zero attached hydrogens (tertiary/aromatic N) is 1. The van der Waals surface area contributed by atoms with Crippen molar-refractivity contribution >= 4 is 12.2 Å². The van der Waals surface area contributed by atoms with Crippen molar-refractivity contribution in [2.75, 3.05) is 7.11 Å². The number of ether oxygens (including phenoxy) is 1. The molecule has 0 saturated carbocycles. The lowest BCUT2D eigenvalue weighted by Crippen LogP contribution is -2.24. The molecule has 4 heteroatoms. The van der Waals surface area contributed by atoms with Gasteiger partial charge in [-0.1, -0.05) is 33.0 Å². The molecule has 1 N–H and O–H groups in total. The molecule has 0 aliphatic heterocycles. The molecule has 1 aliphatic rings. The number of rotatable bonds is 2. The Hall–Kier alpha value is -0.740. The molecule has 0 fully saturated rings. The quantitative estimate of drug-likeness (QED) is 0.828. The summed E-state index contributed by atoms with van der Waals surface area (Å²) in [5, 5.41) is 0. The largest absolute Gasteiger partial charge is 0.373 e. The molecule has 1 unspecified atom stereocenters. The molecule has 0 saturated heterocycles. The predicted molar refractivity (Wildman–Crippen MR) is 75.3 cm³/mol. The summed E-state index contributed by atoms with van der Waals surface area (Å²) in [6, 6.07) is 0. The molecule has 3 nitrogen and oxygen atoms in total. The fourth-order valence-electron chi connectivity index (χ4n) is 2.64. The summed E-state index contributed by atoms with van der Waals surface area (Å²) in [7, 11) is 1.73. The lowest BCUT2D eigenvalue weighted by atomic mass is 9.88. The zero-order valence-electron chi connectivity index (χ0n) is 11.7. The average molecular weight is 266 g/mol. The Morgan fingerprint density at radius 3 is 2.56 bits per heavy atom. The first-order valence-electron chi connectivity index (χ1n) is 6.58. The number of aromatic nitrogens is 2. The molecule has 0 radical (unpaired) electrons. The minimum atomic E-state index is -0.0496. The highest BCUT2D eigenvalue weighted by Gasteiger charge is 2.29. The standard InChI is InChI=1S/C14H22N2OS/c1-14(2,3)11(17-4)12-15-10-8-6-5-7-9(10)13(18)16-12/h11H,5-8H2,1-4H3,(H,15,16,18). The van der Waals surface area contributed by atoms with Crippen molar-refractivity contribution in [3.8, 4) is 0 Å². The first-order chi connectivity index (χ1) is 8.43. The summed E-state index contributed by atoms with van der Waals surface area (Å²) < 4.78 is 6.36. The van der Waals surface area contributed by atoms with Crippen LogP contribution in [-0.2, 0) is 17.6 Å². The number of nitrogens with one attached hydrogen (secondary N) is 1. The average Bonchev–Trinajstić information content (AvgIpc) is 2.28. The fourth-order valence-corrected chi connectivity index (χ4v) is 2.96. The van der Waals surface area contributed by atoms with Crippen LogP contribution in [0.3, 0.4) is 0 Å². The summed E-state index contributed by atoms with van der Waals surface area (Å²) in [5.41, 5.74) is 2.51. The van der Waals surface area contributed by atoms with Gasteiger partial charge >= 0.3 is 0 Å². The second-order valence-corrected chi connectivity index (χ2v) is 6.46. The van der Waals surface area contributed by atoms with Crippen molar-refractivity contribution in [2.45, 2.75) is 52.6 Å². The Balaban J connectivity index is 2.46. The van der Waals surface area contributed by atoms with E-state index in [0.717, 1.165) is 23.3 Å². The summed E-state index contributed by atoms with van der Waals surface area (Å²) in [6.45, 7) is 6.46. The summed E-state index contributed by atoms with van der Waals surface area (Å²) in [5.74, 6) is 0.871. The number of aryl methyl sites for hydroxylation is 1. The normalized spacial score (nSPS) is 17.3. The first-order valence-corrected chi connectivity index (χ1v) is 6.99. The molecule has 1 aromatic rings. The van der Waals surface area contributed by atoms with E-state index < -0.39 is 0 Å². The van der Waals surface area contributed by atoms with Gasteiger partial charge in [-0.05, 0) is 31.1 Å². The van der Waals surface area contributed by atoms with Gasteiger partial charge in [0.15, 0.2) is 0 Å². The number of hydrogen-bond acceptors (Lipinski definition) is 3. The SMILES string of the molecule is COC(c1nc(=S)c2c([nH]1)CCCC2)C(C)(C)C. The van der Waals surface area contributed by atoms with Gasteiger partial charge in [0.1, 0.15) is 16.6 Å². The van der Waals surface area contributed by atoms with Crippen molar-refractivity contribution in [3.63, 3.8) is 0 Å². The van der Waals surface area contributed by atoms with Crippen LogP contribution in [0.2, 0.25) is 0 Å². The van der Waals surface area contributed by atoms with E-state index in [2.05, 4.69) is 30.7 Å². The summed E-state index contributed by atoms with van der Waals surface area (Å²) in [6.07, 6.45) is 4.54. The molecule has 1 aliphatic carbocycles. The van der Waals surface area contributed by atoms with Crippen molar-refractivity contribution in [1.29, 1.82) is 0 Å². The highest BCUT2D eigenvalue weighted by molar-refractivity contribution is 7.71. The second kappa shape index (κ2) is 5.10. The molecule has 0 spiro atoms. The van der Waals surface area contributed by atoms with Crippen LogP contribution < -0.4 is 0 Å². The first kappa shape index (κ1) is 13.7. The lowest BCUT2D eigenvalue weighted by Gasteiger charge is -2.29. The number of methoxy groups -OCH3 is 1. The van der Waals surface area contributed by atoms with Crippen LogP contribution >= 0.6 is 12.2 Å². The van der Waals surface area contributed by atoms with E-state index in [1.165, 1.54) is 24.1 Å². The van der Waals surface area contributed by atoms with Gasteiger partial charge in [-0.15, -0.1) is 0 Å². The minimum Gasteiger partial charge on any atom is -0.373 e. The Bertz CT molecular complexity index is 488. The molecule has 0 bridgehead atoms. The zero-order chi connectivity index (χ0) is 13.3. The zero-order valence-corrected chi connectivity index (χ0v) is 12.5. The third-order valence-corrected chi connectivity index (χ3v) is 3.84. The minimum absolute atomic E-state index is 0.00290. The van der Waals surface area contributed by atoms with Gasteiger partial charge in [-0.3, -0.25) is 0 Å². The van der Waals surface area contributed by atoms with E-state index >= 15 is 0 Å². The molecule has 1 atom stereocenters. The van der Waals surface area contributed by atoms with Gasteiger partial charge in [-0.25, -0.2) is 4.98 Å². The van der Waals surface area contributed by atoms with Gasteiger partial charge in [0, 0.05) is 18.4 Å². The molecule has 100 valence electrons. The smallest absolute Gasteiger partial charge is 0.137 e. The lowest BCUT2D eigenvalue weighted by molar-refractivity contribution is 0.00835. The van der Waals surface area contributed by atoms with E-state index in [1.807, 2.05) is 0 Å². The fraction of sp³-hybridized carbons (Fsp3) is 0.714. The van der Waals surface area contributed by atoms with Gasteiger partial charge < -0.3 is 9.72 Å². The summed E-state index contributed by atoms with van der Waals surface area (Å²) in [4.78, 5) is 8.02. The third kappa shape index (κ3) is 2.64. The molecular formula is C14H22N2OS. The van der Waals surface area contributed by atoms with Crippen LogP contribution in [0.4, 0.5) is 0 Å². The van der Waals surface area contributed by atoms with Crippen LogP contribution in [0.15, 0.2) is 0 Å². The van der Waals surface area contributed by atoms with Gasteiger partial charge in [0.05, 0.1) is 0 Å². The maximum absolute atomic E-state index is 5.61. The second-order valence-electron chi connectivity index (χ2n) is 6.07. The van der Waals surface area contributed by atoms with Crippen LogP contribution in [0.5, 0.6) is 0 Å². The van der Waals surface area contributed by atoms with Crippen LogP contribution in [0.25, 0.3) is 0 Å². The Morgan fingerprint density at radius 1 is 1.28 bits per heavy atom. The van der Waals surface area contributed by atoms with E-state index in [-0.39, 0.29) is 11.5 Å². The van der Waals surface area contributed by atoms with E-state index in [1.54, 1.807) is 7.11 Å². The maximum atomic E-state index is 5.61. The van der Waals surface area contributed by atoms with Crippen LogP contribution in [0, 0.1) is 10.1 Å². The Kier molecular flexibility index (Phi) is 3.87. The van der Waals surface area contributed by atoms with Gasteiger partial charge in [-0.2, -0.15) is 0 Å². The van der Waals surface area contributed by atoms with Crippen molar-refractivity contribution in [3.05, 3.63) is 21.7 Å².